The van der Waals surface area contributed by atoms with Gasteiger partial charge in [0.2, 0.25) is 0 Å². The molecular formula is C13H24. The van der Waals surface area contributed by atoms with Crippen LogP contribution in [0.25, 0.3) is 0 Å². The van der Waals surface area contributed by atoms with E-state index in [0.29, 0.717) is 0 Å². The molecule has 0 aromatic heterocycles. The first-order valence-electron chi connectivity index (χ1n) is 6.05. The van der Waals surface area contributed by atoms with Crippen molar-refractivity contribution < 1.29 is 0 Å². The van der Waals surface area contributed by atoms with Crippen LogP contribution in [0.4, 0.5) is 0 Å². The Morgan fingerprint density at radius 1 is 1.15 bits per heavy atom. The van der Waals surface area contributed by atoms with E-state index in [-0.39, 0.29) is 0 Å². The molecule has 4 atom stereocenters. The summed E-state index contributed by atoms with van der Waals surface area (Å²) in [5.74, 6) is 3.97. The minimum absolute atomic E-state index is 0.800. The van der Waals surface area contributed by atoms with Crippen molar-refractivity contribution in [2.45, 2.75) is 53.4 Å². The highest BCUT2D eigenvalue weighted by atomic mass is 14.6. The highest BCUT2D eigenvalue weighted by Crippen LogP contribution is 2.62. The first-order valence-corrected chi connectivity index (χ1v) is 6.05. The molecule has 76 valence electrons. The molecule has 0 nitrogen and oxygen atoms in total. The molecule has 0 N–H and O–H groups in total. The Morgan fingerprint density at radius 3 is 2.23 bits per heavy atom. The SMILES string of the molecule is CC(C)C1CCC2(CC(C)C2C)C1. The second kappa shape index (κ2) is 3.00. The standard InChI is InChI=1S/C13H24/c1-9(2)12-5-6-13(8-12)7-10(3)11(13)4/h9-12H,5-8H2,1-4H3. The fourth-order valence-electron chi connectivity index (χ4n) is 3.81. The van der Waals surface area contributed by atoms with Crippen LogP contribution in [0.5, 0.6) is 0 Å². The summed E-state index contributed by atoms with van der Waals surface area (Å²) in [4.78, 5) is 0. The van der Waals surface area contributed by atoms with Gasteiger partial charge in [-0.3, -0.25) is 0 Å². The monoisotopic (exact) mass is 180 g/mol. The highest BCUT2D eigenvalue weighted by molar-refractivity contribution is 5.02. The lowest BCUT2D eigenvalue weighted by Gasteiger charge is -2.51. The zero-order valence-electron chi connectivity index (χ0n) is 9.64. The predicted octanol–water partition coefficient (Wildman–Crippen LogP) is 4.10. The third-order valence-electron chi connectivity index (χ3n) is 5.17. The van der Waals surface area contributed by atoms with E-state index >= 15 is 0 Å². The first kappa shape index (κ1) is 9.55. The molecular weight excluding hydrogens is 156 g/mol. The minimum atomic E-state index is 0.800. The predicted molar refractivity (Wildman–Crippen MR) is 57.6 cm³/mol. The molecule has 1 spiro atoms. The van der Waals surface area contributed by atoms with Crippen molar-refractivity contribution in [2.24, 2.45) is 29.1 Å². The smallest absolute Gasteiger partial charge is 0.0264 e. The van der Waals surface area contributed by atoms with Crippen molar-refractivity contribution >= 4 is 0 Å². The molecule has 2 aliphatic rings. The Balaban J connectivity index is 1.98. The molecule has 0 heterocycles. The Morgan fingerprint density at radius 2 is 1.85 bits per heavy atom. The van der Waals surface area contributed by atoms with E-state index in [9.17, 15) is 0 Å². The Hall–Kier alpha value is 0. The van der Waals surface area contributed by atoms with Gasteiger partial charge >= 0.3 is 0 Å². The molecule has 0 aliphatic heterocycles. The van der Waals surface area contributed by atoms with E-state index < -0.39 is 0 Å². The van der Waals surface area contributed by atoms with Gasteiger partial charge in [0.25, 0.3) is 0 Å². The van der Waals surface area contributed by atoms with Gasteiger partial charge in [0.05, 0.1) is 0 Å². The summed E-state index contributed by atoms with van der Waals surface area (Å²) in [5, 5.41) is 0. The maximum absolute atomic E-state index is 2.48. The molecule has 2 fully saturated rings. The van der Waals surface area contributed by atoms with Crippen LogP contribution < -0.4 is 0 Å². The van der Waals surface area contributed by atoms with E-state index in [2.05, 4.69) is 27.7 Å². The van der Waals surface area contributed by atoms with Crippen molar-refractivity contribution in [1.82, 2.24) is 0 Å². The van der Waals surface area contributed by atoms with Gasteiger partial charge in [-0.25, -0.2) is 0 Å². The summed E-state index contributed by atoms with van der Waals surface area (Å²) in [5.41, 5.74) is 0.800. The normalized spacial score (nSPS) is 50.1. The van der Waals surface area contributed by atoms with Crippen molar-refractivity contribution in [3.63, 3.8) is 0 Å². The molecule has 0 radical (unpaired) electrons. The maximum Gasteiger partial charge on any atom is -0.0264 e. The molecule has 0 aromatic rings. The molecule has 2 saturated carbocycles. The highest BCUT2D eigenvalue weighted by Gasteiger charge is 2.52. The molecule has 0 amide bonds. The van der Waals surface area contributed by atoms with Gasteiger partial charge in [0.15, 0.2) is 0 Å². The fourth-order valence-corrected chi connectivity index (χ4v) is 3.81. The summed E-state index contributed by atoms with van der Waals surface area (Å²) in [6.07, 6.45) is 6.10. The van der Waals surface area contributed by atoms with Crippen molar-refractivity contribution in [1.29, 1.82) is 0 Å². The number of rotatable bonds is 1. The molecule has 0 saturated heterocycles. The van der Waals surface area contributed by atoms with Crippen LogP contribution in [-0.2, 0) is 0 Å². The molecule has 13 heavy (non-hydrogen) atoms. The van der Waals surface area contributed by atoms with E-state index in [1.807, 2.05) is 0 Å². The number of hydrogen-bond acceptors (Lipinski definition) is 0. The van der Waals surface area contributed by atoms with Crippen LogP contribution in [0.15, 0.2) is 0 Å². The largest absolute Gasteiger partial charge is 0.0625 e. The van der Waals surface area contributed by atoms with Gasteiger partial charge in [-0.05, 0) is 54.8 Å². The summed E-state index contributed by atoms with van der Waals surface area (Å²) in [6.45, 7) is 9.71. The first-order chi connectivity index (χ1) is 6.05. The minimum Gasteiger partial charge on any atom is -0.0625 e. The van der Waals surface area contributed by atoms with E-state index in [0.717, 1.165) is 29.1 Å². The Labute approximate surface area is 83.1 Å². The van der Waals surface area contributed by atoms with Crippen LogP contribution >= 0.6 is 0 Å². The van der Waals surface area contributed by atoms with Gasteiger partial charge in [-0.2, -0.15) is 0 Å². The lowest BCUT2D eigenvalue weighted by Crippen LogP contribution is -2.43. The quantitative estimate of drug-likeness (QED) is 0.570. The molecule has 4 unspecified atom stereocenters. The number of hydrogen-bond donors (Lipinski definition) is 0. The van der Waals surface area contributed by atoms with E-state index in [1.54, 1.807) is 0 Å². The topological polar surface area (TPSA) is 0 Å². The second-order valence-electron chi connectivity index (χ2n) is 6.08. The zero-order chi connectivity index (χ0) is 9.64. The summed E-state index contributed by atoms with van der Waals surface area (Å²) in [7, 11) is 0. The maximum atomic E-state index is 2.48. The van der Waals surface area contributed by atoms with Crippen LogP contribution in [0, 0.1) is 29.1 Å². The zero-order valence-corrected chi connectivity index (χ0v) is 9.64. The lowest BCUT2D eigenvalue weighted by atomic mass is 9.54. The van der Waals surface area contributed by atoms with Crippen molar-refractivity contribution in [2.75, 3.05) is 0 Å². The van der Waals surface area contributed by atoms with E-state index in [4.69, 9.17) is 0 Å². The van der Waals surface area contributed by atoms with Crippen LogP contribution in [-0.4, -0.2) is 0 Å². The summed E-state index contributed by atoms with van der Waals surface area (Å²) in [6, 6.07) is 0. The molecule has 0 bridgehead atoms. The third-order valence-corrected chi connectivity index (χ3v) is 5.17. The van der Waals surface area contributed by atoms with Gasteiger partial charge < -0.3 is 0 Å². The average Bonchev–Trinajstić information content (AvgIpc) is 2.51. The van der Waals surface area contributed by atoms with Crippen LogP contribution in [0.1, 0.15) is 53.4 Å². The van der Waals surface area contributed by atoms with Gasteiger partial charge in [0.1, 0.15) is 0 Å². The van der Waals surface area contributed by atoms with Crippen LogP contribution in [0.2, 0.25) is 0 Å². The summed E-state index contributed by atoms with van der Waals surface area (Å²) >= 11 is 0. The molecule has 0 aromatic carbocycles. The Kier molecular flexibility index (Phi) is 2.20. The summed E-state index contributed by atoms with van der Waals surface area (Å²) < 4.78 is 0. The van der Waals surface area contributed by atoms with Gasteiger partial charge in [-0.15, -0.1) is 0 Å². The fraction of sp³-hybridized carbons (Fsp3) is 1.00. The average molecular weight is 180 g/mol. The van der Waals surface area contributed by atoms with Crippen LogP contribution in [0.3, 0.4) is 0 Å². The molecule has 2 rings (SSSR count). The third kappa shape index (κ3) is 1.33. The van der Waals surface area contributed by atoms with Crippen molar-refractivity contribution in [3.8, 4) is 0 Å². The molecule has 2 aliphatic carbocycles. The van der Waals surface area contributed by atoms with Gasteiger partial charge in [-0.1, -0.05) is 27.7 Å². The molecule has 0 heteroatoms. The van der Waals surface area contributed by atoms with Gasteiger partial charge in [0, 0.05) is 0 Å². The lowest BCUT2D eigenvalue weighted by molar-refractivity contribution is -0.0198. The van der Waals surface area contributed by atoms with E-state index in [1.165, 1.54) is 25.7 Å². The van der Waals surface area contributed by atoms with Crippen molar-refractivity contribution in [3.05, 3.63) is 0 Å². The second-order valence-corrected chi connectivity index (χ2v) is 6.08. The Bertz CT molecular complexity index is 194.